The van der Waals surface area contributed by atoms with Crippen molar-refractivity contribution >= 4 is 58.8 Å². The molecule has 216 valence electrons. The molecule has 10 nitrogen and oxygen atoms in total. The van der Waals surface area contributed by atoms with Crippen LogP contribution in [-0.2, 0) is 19.2 Å². The highest BCUT2D eigenvalue weighted by Crippen LogP contribution is 2.39. The van der Waals surface area contributed by atoms with Crippen LogP contribution in [-0.4, -0.2) is 87.3 Å². The van der Waals surface area contributed by atoms with Gasteiger partial charge in [-0.25, -0.2) is 19.2 Å². The Bertz CT molecular complexity index is 1160. The number of aliphatic carboxylic acids is 4. The lowest BCUT2D eigenvalue weighted by Gasteiger charge is -2.37. The monoisotopic (exact) mass is 612 g/mol. The van der Waals surface area contributed by atoms with Crippen LogP contribution >= 0.6 is 35.0 Å². The summed E-state index contributed by atoms with van der Waals surface area (Å²) in [4.78, 5) is 45.4. The molecule has 2 aromatic rings. The maximum atomic E-state index is 9.55. The van der Waals surface area contributed by atoms with E-state index < -0.39 is 23.9 Å². The molecule has 1 atom stereocenters. The standard InChI is InChI=1S/C19H22Cl2N2S.2C4H4O4/c1-14(23-11-9-22(2)10-12-23)16-13-15(20)7-8-18(16)24-19-6-4-3-5-17(19)21;2*5-3(6)1-2-4(7)8/h3-8,13-14H,9-12H2,1-2H3;2*1-2H,(H,5,6)(H,7,8)/b;2*2-1-. The van der Waals surface area contributed by atoms with Gasteiger partial charge in [-0.05, 0) is 49.9 Å². The van der Waals surface area contributed by atoms with E-state index in [1.807, 2.05) is 24.3 Å². The second-order valence-corrected chi connectivity index (χ2v) is 10.2. The molecule has 0 bridgehead atoms. The number of rotatable bonds is 8. The minimum atomic E-state index is -1.26. The summed E-state index contributed by atoms with van der Waals surface area (Å²) in [5.41, 5.74) is 1.27. The topological polar surface area (TPSA) is 156 Å². The number of carboxylic acids is 4. The molecule has 1 aliphatic heterocycles. The largest absolute Gasteiger partial charge is 0.478 e. The number of piperazine rings is 1. The molecule has 0 aromatic heterocycles. The number of carbonyl (C=O) groups is 4. The van der Waals surface area contributed by atoms with Crippen molar-refractivity contribution in [1.29, 1.82) is 0 Å². The van der Waals surface area contributed by atoms with Crippen molar-refractivity contribution in [2.45, 2.75) is 22.8 Å². The zero-order valence-corrected chi connectivity index (χ0v) is 24.1. The number of benzene rings is 2. The van der Waals surface area contributed by atoms with Crippen LogP contribution in [0.2, 0.25) is 10.0 Å². The Balaban J connectivity index is 0.000000412. The first-order chi connectivity index (χ1) is 18.8. The molecule has 2 aromatic carbocycles. The van der Waals surface area contributed by atoms with Gasteiger partial charge in [-0.15, -0.1) is 0 Å². The van der Waals surface area contributed by atoms with Crippen LogP contribution in [0.15, 0.2) is 76.6 Å². The SMILES string of the molecule is CC(c1cc(Cl)ccc1Sc1ccccc1Cl)N1CCN(C)CC1.O=C(O)/C=C\C(=O)O.O=C(O)/C=C\C(=O)O. The van der Waals surface area contributed by atoms with Crippen LogP contribution in [0.1, 0.15) is 18.5 Å². The molecule has 0 spiro atoms. The highest BCUT2D eigenvalue weighted by atomic mass is 35.5. The smallest absolute Gasteiger partial charge is 0.328 e. The van der Waals surface area contributed by atoms with Crippen LogP contribution in [0.5, 0.6) is 0 Å². The van der Waals surface area contributed by atoms with E-state index in [9.17, 15) is 19.2 Å². The predicted octanol–water partition coefficient (Wildman–Crippen LogP) is 4.88. The summed E-state index contributed by atoms with van der Waals surface area (Å²) >= 11 is 14.3. The molecule has 1 heterocycles. The molecule has 40 heavy (non-hydrogen) atoms. The first-order valence-electron chi connectivity index (χ1n) is 11.7. The van der Waals surface area contributed by atoms with Gasteiger partial charge in [0.1, 0.15) is 0 Å². The average molecular weight is 614 g/mol. The molecule has 13 heteroatoms. The summed E-state index contributed by atoms with van der Waals surface area (Å²) in [6.45, 7) is 6.66. The summed E-state index contributed by atoms with van der Waals surface area (Å²) in [5, 5.41) is 32.8. The molecular weight excluding hydrogens is 583 g/mol. The molecule has 0 aliphatic carbocycles. The fourth-order valence-corrected chi connectivity index (χ4v) is 4.74. The summed E-state index contributed by atoms with van der Waals surface area (Å²) < 4.78 is 0. The van der Waals surface area contributed by atoms with E-state index in [0.29, 0.717) is 30.3 Å². The van der Waals surface area contributed by atoms with Gasteiger partial charge >= 0.3 is 23.9 Å². The maximum absolute atomic E-state index is 9.55. The minimum absolute atomic E-state index is 0.336. The van der Waals surface area contributed by atoms with Gasteiger partial charge in [0, 0.05) is 71.3 Å². The second kappa shape index (κ2) is 18.1. The first-order valence-corrected chi connectivity index (χ1v) is 13.3. The van der Waals surface area contributed by atoms with Crippen molar-refractivity contribution in [3.8, 4) is 0 Å². The van der Waals surface area contributed by atoms with Gasteiger partial charge in [0.05, 0.1) is 5.02 Å². The molecule has 0 amide bonds. The number of nitrogens with zero attached hydrogens (tertiary/aromatic N) is 2. The number of likely N-dealkylation sites (N-methyl/N-ethyl adjacent to an activating group) is 1. The Morgan fingerprint density at radius 2 is 1.25 bits per heavy atom. The van der Waals surface area contributed by atoms with Crippen molar-refractivity contribution in [3.63, 3.8) is 0 Å². The first kappa shape index (κ1) is 34.7. The molecule has 1 saturated heterocycles. The van der Waals surface area contributed by atoms with E-state index in [4.69, 9.17) is 43.6 Å². The Labute approximate surface area is 246 Å². The van der Waals surface area contributed by atoms with Crippen LogP contribution in [0, 0.1) is 0 Å². The third kappa shape index (κ3) is 14.2. The van der Waals surface area contributed by atoms with E-state index in [1.54, 1.807) is 11.8 Å². The van der Waals surface area contributed by atoms with Crippen molar-refractivity contribution in [2.75, 3.05) is 33.2 Å². The Hall–Kier alpha value is -3.35. The van der Waals surface area contributed by atoms with Crippen LogP contribution in [0.4, 0.5) is 0 Å². The summed E-state index contributed by atoms with van der Waals surface area (Å²) in [5.74, 6) is -5.03. The predicted molar refractivity (Wildman–Crippen MR) is 153 cm³/mol. The second-order valence-electron chi connectivity index (χ2n) is 8.25. The Kier molecular flexibility index (Phi) is 15.7. The summed E-state index contributed by atoms with van der Waals surface area (Å²) in [6.07, 6.45) is 2.23. The fourth-order valence-electron chi connectivity index (χ4n) is 3.28. The van der Waals surface area contributed by atoms with Crippen LogP contribution in [0.25, 0.3) is 0 Å². The van der Waals surface area contributed by atoms with Crippen LogP contribution < -0.4 is 0 Å². The van der Waals surface area contributed by atoms with Crippen molar-refractivity contribution < 1.29 is 39.6 Å². The highest BCUT2D eigenvalue weighted by molar-refractivity contribution is 7.99. The lowest BCUT2D eigenvalue weighted by Crippen LogP contribution is -2.45. The third-order valence-electron chi connectivity index (χ3n) is 5.30. The third-order valence-corrected chi connectivity index (χ3v) is 7.15. The van der Waals surface area contributed by atoms with Gasteiger partial charge in [-0.1, -0.05) is 47.1 Å². The Morgan fingerprint density at radius 1 is 0.775 bits per heavy atom. The minimum Gasteiger partial charge on any atom is -0.478 e. The quantitative estimate of drug-likeness (QED) is 0.301. The number of carboxylic acid groups (broad SMARTS) is 4. The van der Waals surface area contributed by atoms with Crippen molar-refractivity contribution in [1.82, 2.24) is 9.80 Å². The number of hydrogen-bond donors (Lipinski definition) is 4. The van der Waals surface area contributed by atoms with Gasteiger partial charge in [0.25, 0.3) is 0 Å². The normalized spacial score (nSPS) is 14.5. The van der Waals surface area contributed by atoms with Gasteiger partial charge in [0.15, 0.2) is 0 Å². The maximum Gasteiger partial charge on any atom is 0.328 e. The van der Waals surface area contributed by atoms with Gasteiger partial charge in [0.2, 0.25) is 0 Å². The zero-order valence-electron chi connectivity index (χ0n) is 21.7. The lowest BCUT2D eigenvalue weighted by molar-refractivity contribution is -0.134. The highest BCUT2D eigenvalue weighted by Gasteiger charge is 2.23. The van der Waals surface area contributed by atoms with E-state index in [-0.39, 0.29) is 0 Å². The zero-order chi connectivity index (χ0) is 30.2. The molecule has 4 N–H and O–H groups in total. The average Bonchev–Trinajstić information content (AvgIpc) is 2.89. The molecular formula is C27H30Cl2N2O8S. The lowest BCUT2D eigenvalue weighted by atomic mass is 10.1. The number of hydrogen-bond acceptors (Lipinski definition) is 7. The molecule has 0 radical (unpaired) electrons. The fraction of sp³-hybridized carbons (Fsp3) is 0.259. The summed E-state index contributed by atoms with van der Waals surface area (Å²) in [6, 6.07) is 14.5. The van der Waals surface area contributed by atoms with E-state index in [0.717, 1.165) is 41.1 Å². The van der Waals surface area contributed by atoms with E-state index >= 15 is 0 Å². The van der Waals surface area contributed by atoms with E-state index in [2.05, 4.69) is 42.0 Å². The Morgan fingerprint density at radius 3 is 1.70 bits per heavy atom. The van der Waals surface area contributed by atoms with Gasteiger partial charge < -0.3 is 25.3 Å². The molecule has 0 saturated carbocycles. The summed E-state index contributed by atoms with van der Waals surface area (Å²) in [7, 11) is 2.18. The molecule has 1 fully saturated rings. The van der Waals surface area contributed by atoms with Gasteiger partial charge in [-0.2, -0.15) is 0 Å². The van der Waals surface area contributed by atoms with E-state index in [1.165, 1.54) is 10.5 Å². The molecule has 1 aliphatic rings. The van der Waals surface area contributed by atoms with Crippen molar-refractivity contribution in [3.05, 3.63) is 82.4 Å². The van der Waals surface area contributed by atoms with Crippen LogP contribution in [0.3, 0.4) is 0 Å². The van der Waals surface area contributed by atoms with Crippen molar-refractivity contribution in [2.24, 2.45) is 0 Å². The molecule has 3 rings (SSSR count). The van der Waals surface area contributed by atoms with Gasteiger partial charge in [-0.3, -0.25) is 4.90 Å². The molecule has 1 unspecified atom stereocenters. The number of halogens is 2.